The van der Waals surface area contributed by atoms with E-state index < -0.39 is 0 Å². The fourth-order valence-electron chi connectivity index (χ4n) is 4.24. The van der Waals surface area contributed by atoms with Gasteiger partial charge in [-0.3, -0.25) is 9.88 Å². The van der Waals surface area contributed by atoms with E-state index in [0.717, 1.165) is 55.6 Å². The number of hydrogen-bond acceptors (Lipinski definition) is 4. The van der Waals surface area contributed by atoms with Crippen molar-refractivity contribution >= 4 is 0 Å². The number of hydrogen-bond donors (Lipinski definition) is 0. The monoisotopic (exact) mass is 410 g/mol. The number of imidazole rings is 1. The minimum absolute atomic E-state index is 0.810. The smallest absolute Gasteiger partial charge is 0.118 e. The van der Waals surface area contributed by atoms with Crippen LogP contribution in [0.2, 0.25) is 0 Å². The number of pyridine rings is 1. The van der Waals surface area contributed by atoms with E-state index in [1.165, 1.54) is 16.8 Å². The fraction of sp³-hybridized carbons (Fsp3) is 0.231. The van der Waals surface area contributed by atoms with Crippen LogP contribution in [0.25, 0.3) is 11.3 Å². The average Bonchev–Trinajstić information content (AvgIpc) is 3.18. The van der Waals surface area contributed by atoms with Gasteiger partial charge in [0.05, 0.1) is 24.2 Å². The summed E-state index contributed by atoms with van der Waals surface area (Å²) < 4.78 is 7.72. The van der Waals surface area contributed by atoms with Crippen LogP contribution in [-0.4, -0.2) is 33.1 Å². The summed E-state index contributed by atoms with van der Waals surface area (Å²) in [7, 11) is 1.70. The number of benzene rings is 2. The van der Waals surface area contributed by atoms with Gasteiger partial charge in [-0.15, -0.1) is 0 Å². The number of rotatable bonds is 6. The van der Waals surface area contributed by atoms with Gasteiger partial charge in [0, 0.05) is 44.4 Å². The van der Waals surface area contributed by atoms with Crippen molar-refractivity contribution in [2.45, 2.75) is 26.1 Å². The van der Waals surface area contributed by atoms with Crippen LogP contribution >= 0.6 is 0 Å². The second-order valence-corrected chi connectivity index (χ2v) is 7.90. The Hall–Kier alpha value is -3.44. The van der Waals surface area contributed by atoms with Gasteiger partial charge < -0.3 is 9.30 Å². The van der Waals surface area contributed by atoms with Gasteiger partial charge in [0.1, 0.15) is 11.6 Å². The molecule has 0 saturated carbocycles. The summed E-state index contributed by atoms with van der Waals surface area (Å²) in [5, 5.41) is 0. The fourth-order valence-corrected chi connectivity index (χ4v) is 4.24. The van der Waals surface area contributed by atoms with Crippen molar-refractivity contribution in [1.82, 2.24) is 19.4 Å². The quantitative estimate of drug-likeness (QED) is 0.467. The molecule has 31 heavy (non-hydrogen) atoms. The largest absolute Gasteiger partial charge is 0.497 e. The molecule has 4 aromatic rings. The Morgan fingerprint density at radius 1 is 0.903 bits per heavy atom. The number of aromatic nitrogens is 3. The van der Waals surface area contributed by atoms with Crippen LogP contribution < -0.4 is 4.74 Å². The average molecular weight is 411 g/mol. The summed E-state index contributed by atoms with van der Waals surface area (Å²) >= 11 is 0. The van der Waals surface area contributed by atoms with Crippen molar-refractivity contribution in [3.63, 3.8) is 0 Å². The Morgan fingerprint density at radius 2 is 1.71 bits per heavy atom. The lowest BCUT2D eigenvalue weighted by Crippen LogP contribution is -2.34. The third-order valence-electron chi connectivity index (χ3n) is 5.85. The van der Waals surface area contributed by atoms with E-state index in [-0.39, 0.29) is 0 Å². The molecule has 2 aromatic carbocycles. The van der Waals surface area contributed by atoms with E-state index in [2.05, 4.69) is 69.0 Å². The molecule has 0 amide bonds. The van der Waals surface area contributed by atoms with E-state index in [1.54, 1.807) is 7.11 Å². The first-order chi connectivity index (χ1) is 15.3. The third-order valence-corrected chi connectivity index (χ3v) is 5.85. The molecule has 5 nitrogen and oxygen atoms in total. The van der Waals surface area contributed by atoms with E-state index >= 15 is 0 Å². The summed E-state index contributed by atoms with van der Waals surface area (Å²) in [6.45, 7) is 3.65. The highest BCUT2D eigenvalue weighted by Crippen LogP contribution is 2.29. The molecule has 0 saturated heterocycles. The molecule has 0 bridgehead atoms. The maximum absolute atomic E-state index is 5.30. The van der Waals surface area contributed by atoms with E-state index in [9.17, 15) is 0 Å². The molecule has 2 aromatic heterocycles. The molecule has 156 valence electrons. The lowest BCUT2D eigenvalue weighted by molar-refractivity contribution is 0.209. The summed E-state index contributed by atoms with van der Waals surface area (Å²) in [6, 6.07) is 24.9. The maximum atomic E-state index is 5.30. The first kappa shape index (κ1) is 19.5. The van der Waals surface area contributed by atoms with Gasteiger partial charge in [-0.2, -0.15) is 0 Å². The lowest BCUT2D eigenvalue weighted by atomic mass is 10.1. The standard InChI is InChI=1S/C26H26N4O/c1-31-23-12-10-20(11-13-23)17-25-28-26(21-7-3-2-4-8-21)24-19-29(15-16-30(24)25)18-22-9-5-6-14-27-22/h2-14H,15-19H2,1H3. The van der Waals surface area contributed by atoms with Crippen molar-refractivity contribution < 1.29 is 4.74 Å². The maximum Gasteiger partial charge on any atom is 0.118 e. The Morgan fingerprint density at radius 3 is 2.45 bits per heavy atom. The van der Waals surface area contributed by atoms with Crippen molar-refractivity contribution in [3.8, 4) is 17.0 Å². The number of nitrogens with zero attached hydrogens (tertiary/aromatic N) is 4. The molecule has 5 heteroatoms. The zero-order valence-corrected chi connectivity index (χ0v) is 17.7. The zero-order chi connectivity index (χ0) is 21.0. The summed E-state index contributed by atoms with van der Waals surface area (Å²) in [5.74, 6) is 2.00. The number of methoxy groups -OCH3 is 1. The molecule has 0 unspecified atom stereocenters. The van der Waals surface area contributed by atoms with Crippen molar-refractivity contribution in [2.24, 2.45) is 0 Å². The molecule has 0 atom stereocenters. The predicted octanol–water partition coefficient (Wildman–Crippen LogP) is 4.56. The Balaban J connectivity index is 1.46. The molecule has 0 radical (unpaired) electrons. The van der Waals surface area contributed by atoms with E-state index in [4.69, 9.17) is 9.72 Å². The molecular weight excluding hydrogens is 384 g/mol. The van der Waals surface area contributed by atoms with Crippen LogP contribution in [-0.2, 0) is 26.1 Å². The SMILES string of the molecule is COc1ccc(Cc2nc(-c3ccccc3)c3n2CCN(Cc2ccccn2)C3)cc1. The molecule has 0 spiro atoms. The van der Waals surface area contributed by atoms with E-state index in [1.807, 2.05) is 24.4 Å². The molecule has 1 aliphatic heterocycles. The molecule has 5 rings (SSSR count). The Bertz CT molecular complexity index is 1140. The molecule has 0 N–H and O–H groups in total. The minimum Gasteiger partial charge on any atom is -0.497 e. The van der Waals surface area contributed by atoms with Crippen molar-refractivity contribution in [1.29, 1.82) is 0 Å². The van der Waals surface area contributed by atoms with E-state index in [0.29, 0.717) is 0 Å². The van der Waals surface area contributed by atoms with Gasteiger partial charge in [0.15, 0.2) is 0 Å². The van der Waals surface area contributed by atoms with Gasteiger partial charge in [0.25, 0.3) is 0 Å². The Labute approximate surface area is 183 Å². The van der Waals surface area contributed by atoms with Crippen LogP contribution in [0.4, 0.5) is 0 Å². The molecule has 0 aliphatic carbocycles. The molecule has 0 fully saturated rings. The first-order valence-electron chi connectivity index (χ1n) is 10.7. The molecule has 3 heterocycles. The zero-order valence-electron chi connectivity index (χ0n) is 17.7. The van der Waals surface area contributed by atoms with Crippen LogP contribution in [0.3, 0.4) is 0 Å². The summed E-state index contributed by atoms with van der Waals surface area (Å²) in [4.78, 5) is 12.1. The van der Waals surface area contributed by atoms with Crippen molar-refractivity contribution in [2.75, 3.05) is 13.7 Å². The predicted molar refractivity (Wildman–Crippen MR) is 122 cm³/mol. The minimum atomic E-state index is 0.810. The first-order valence-corrected chi connectivity index (χ1v) is 10.7. The Kier molecular flexibility index (Phi) is 5.50. The topological polar surface area (TPSA) is 43.2 Å². The number of fused-ring (bicyclic) bond motifs is 1. The van der Waals surface area contributed by atoms with Crippen LogP contribution in [0, 0.1) is 0 Å². The van der Waals surface area contributed by atoms with Crippen molar-refractivity contribution in [3.05, 3.63) is 102 Å². The molecular formula is C26H26N4O. The second-order valence-electron chi connectivity index (χ2n) is 7.90. The van der Waals surface area contributed by atoms with Gasteiger partial charge in [-0.05, 0) is 29.8 Å². The lowest BCUT2D eigenvalue weighted by Gasteiger charge is -2.29. The highest BCUT2D eigenvalue weighted by atomic mass is 16.5. The third kappa shape index (κ3) is 4.23. The summed E-state index contributed by atoms with van der Waals surface area (Å²) in [6.07, 6.45) is 2.68. The molecule has 1 aliphatic rings. The van der Waals surface area contributed by atoms with Crippen LogP contribution in [0.15, 0.2) is 79.0 Å². The van der Waals surface area contributed by atoms with Gasteiger partial charge >= 0.3 is 0 Å². The highest BCUT2D eigenvalue weighted by molar-refractivity contribution is 5.62. The second kappa shape index (κ2) is 8.74. The summed E-state index contributed by atoms with van der Waals surface area (Å²) in [5.41, 5.74) is 5.90. The normalized spacial score (nSPS) is 13.7. The van der Waals surface area contributed by atoms with Gasteiger partial charge in [-0.1, -0.05) is 48.5 Å². The van der Waals surface area contributed by atoms with Gasteiger partial charge in [0.2, 0.25) is 0 Å². The van der Waals surface area contributed by atoms with Gasteiger partial charge in [-0.25, -0.2) is 4.98 Å². The number of ether oxygens (including phenoxy) is 1. The van der Waals surface area contributed by atoms with Crippen LogP contribution in [0.1, 0.15) is 22.8 Å². The van der Waals surface area contributed by atoms with Crippen LogP contribution in [0.5, 0.6) is 5.75 Å². The highest BCUT2D eigenvalue weighted by Gasteiger charge is 2.25.